The highest BCUT2D eigenvalue weighted by Crippen LogP contribution is 2.24. The Labute approximate surface area is 129 Å². The van der Waals surface area contributed by atoms with Gasteiger partial charge in [-0.25, -0.2) is 4.98 Å². The first-order chi connectivity index (χ1) is 10.5. The topological polar surface area (TPSA) is 68.7 Å². The number of benzene rings is 1. The fraction of sp³-hybridized carbons (Fsp3) is 0.294. The molecule has 0 aliphatic carbocycles. The Bertz CT molecular complexity index is 696. The van der Waals surface area contributed by atoms with Crippen LogP contribution in [0.15, 0.2) is 42.7 Å². The molecular weight excluding hydrogens is 282 g/mol. The Morgan fingerprint density at radius 1 is 1.36 bits per heavy atom. The van der Waals surface area contributed by atoms with Gasteiger partial charge in [-0.2, -0.15) is 0 Å². The highest BCUT2D eigenvalue weighted by atomic mass is 16.5. The molecule has 116 valence electrons. The smallest absolute Gasteiger partial charge is 0.313 e. The van der Waals surface area contributed by atoms with Crippen LogP contribution in [0.2, 0.25) is 0 Å². The minimum absolute atomic E-state index is 0.0139. The average Bonchev–Trinajstić information content (AvgIpc) is 2.44. The summed E-state index contributed by atoms with van der Waals surface area (Å²) >= 11 is 0. The fourth-order valence-electron chi connectivity index (χ4n) is 2.01. The molecule has 1 heterocycles. The molecule has 1 aromatic heterocycles. The SMILES string of the molecule is C=C(C)OC(=O)CC(O)COc1cccc2ccc(C)nc12. The van der Waals surface area contributed by atoms with E-state index in [-0.39, 0.29) is 13.0 Å². The summed E-state index contributed by atoms with van der Waals surface area (Å²) in [4.78, 5) is 15.9. The molecule has 5 nitrogen and oxygen atoms in total. The zero-order valence-corrected chi connectivity index (χ0v) is 12.7. The van der Waals surface area contributed by atoms with Crippen LogP contribution in [0, 0.1) is 6.92 Å². The molecule has 2 rings (SSSR count). The van der Waals surface area contributed by atoms with Crippen LogP contribution >= 0.6 is 0 Å². The molecule has 0 amide bonds. The third kappa shape index (κ3) is 4.30. The zero-order valence-electron chi connectivity index (χ0n) is 12.7. The summed E-state index contributed by atoms with van der Waals surface area (Å²) in [6, 6.07) is 9.47. The van der Waals surface area contributed by atoms with Crippen molar-refractivity contribution in [2.45, 2.75) is 26.4 Å². The fourth-order valence-corrected chi connectivity index (χ4v) is 2.01. The number of aryl methyl sites for hydroxylation is 1. The maximum atomic E-state index is 11.4. The monoisotopic (exact) mass is 301 g/mol. The van der Waals surface area contributed by atoms with Crippen molar-refractivity contribution in [3.05, 3.63) is 48.4 Å². The summed E-state index contributed by atoms with van der Waals surface area (Å²) in [5.41, 5.74) is 1.62. The van der Waals surface area contributed by atoms with Crippen LogP contribution in [0.4, 0.5) is 0 Å². The third-order valence-electron chi connectivity index (χ3n) is 2.94. The van der Waals surface area contributed by atoms with E-state index < -0.39 is 12.1 Å². The summed E-state index contributed by atoms with van der Waals surface area (Å²) in [7, 11) is 0. The number of hydrogen-bond acceptors (Lipinski definition) is 5. The van der Waals surface area contributed by atoms with Gasteiger partial charge in [0.2, 0.25) is 0 Å². The molecule has 0 aliphatic rings. The van der Waals surface area contributed by atoms with E-state index in [4.69, 9.17) is 9.47 Å². The first-order valence-electron chi connectivity index (χ1n) is 6.99. The van der Waals surface area contributed by atoms with Crippen LogP contribution in [0.25, 0.3) is 10.9 Å². The molecule has 0 aliphatic heterocycles. The number of ether oxygens (including phenoxy) is 2. The van der Waals surface area contributed by atoms with Crippen LogP contribution in [0.1, 0.15) is 19.0 Å². The number of aliphatic hydroxyl groups excluding tert-OH is 1. The van der Waals surface area contributed by atoms with E-state index in [0.717, 1.165) is 16.6 Å². The lowest BCUT2D eigenvalue weighted by molar-refractivity contribution is -0.141. The molecule has 5 heteroatoms. The summed E-state index contributed by atoms with van der Waals surface area (Å²) in [6.07, 6.45) is -1.10. The minimum Gasteiger partial charge on any atom is -0.489 e. The van der Waals surface area contributed by atoms with Gasteiger partial charge in [-0.05, 0) is 26.0 Å². The first-order valence-corrected chi connectivity index (χ1v) is 6.99. The predicted octanol–water partition coefficient (Wildman–Crippen LogP) is 2.75. The van der Waals surface area contributed by atoms with Crippen molar-refractivity contribution >= 4 is 16.9 Å². The molecule has 1 N–H and O–H groups in total. The Balaban J connectivity index is 2.01. The molecule has 0 radical (unpaired) electrons. The van der Waals surface area contributed by atoms with Crippen LogP contribution in [-0.4, -0.2) is 28.8 Å². The number of hydrogen-bond donors (Lipinski definition) is 1. The van der Waals surface area contributed by atoms with Crippen molar-refractivity contribution in [3.63, 3.8) is 0 Å². The molecule has 1 unspecified atom stereocenters. The highest BCUT2D eigenvalue weighted by Gasteiger charge is 2.14. The van der Waals surface area contributed by atoms with Crippen molar-refractivity contribution in [1.29, 1.82) is 0 Å². The molecule has 0 bridgehead atoms. The molecule has 0 saturated heterocycles. The van der Waals surface area contributed by atoms with E-state index in [1.54, 1.807) is 13.0 Å². The number of esters is 1. The van der Waals surface area contributed by atoms with Gasteiger partial charge in [0, 0.05) is 11.1 Å². The molecule has 0 fully saturated rings. The van der Waals surface area contributed by atoms with Gasteiger partial charge >= 0.3 is 5.97 Å². The third-order valence-corrected chi connectivity index (χ3v) is 2.94. The van der Waals surface area contributed by atoms with Crippen LogP contribution in [0.5, 0.6) is 5.75 Å². The van der Waals surface area contributed by atoms with Crippen LogP contribution in [-0.2, 0) is 9.53 Å². The minimum atomic E-state index is -0.952. The maximum absolute atomic E-state index is 11.4. The predicted molar refractivity (Wildman–Crippen MR) is 83.5 cm³/mol. The summed E-state index contributed by atoms with van der Waals surface area (Å²) in [6.45, 7) is 6.94. The number of allylic oxidation sites excluding steroid dienone is 1. The Morgan fingerprint density at radius 3 is 2.86 bits per heavy atom. The number of nitrogens with zero attached hydrogens (tertiary/aromatic N) is 1. The van der Waals surface area contributed by atoms with E-state index in [2.05, 4.69) is 11.6 Å². The van der Waals surface area contributed by atoms with E-state index in [0.29, 0.717) is 11.5 Å². The summed E-state index contributed by atoms with van der Waals surface area (Å²) < 4.78 is 10.4. The van der Waals surface area contributed by atoms with Crippen LogP contribution < -0.4 is 4.74 Å². The standard InChI is InChI=1S/C17H19NO4/c1-11(2)22-16(20)9-14(19)10-21-15-6-4-5-13-8-7-12(3)18-17(13)15/h4-8,14,19H,1,9-10H2,2-3H3. The van der Waals surface area contributed by atoms with Gasteiger partial charge in [-0.1, -0.05) is 24.8 Å². The van der Waals surface area contributed by atoms with Gasteiger partial charge in [0.15, 0.2) is 0 Å². The lowest BCUT2D eigenvalue weighted by Crippen LogP contribution is -2.22. The van der Waals surface area contributed by atoms with Gasteiger partial charge in [0.05, 0.1) is 18.3 Å². The summed E-state index contributed by atoms with van der Waals surface area (Å²) in [5, 5.41) is 10.8. The number of aliphatic hydroxyl groups is 1. The largest absolute Gasteiger partial charge is 0.489 e. The molecular formula is C17H19NO4. The Kier molecular flexibility index (Phi) is 5.12. The number of para-hydroxylation sites is 1. The molecule has 1 atom stereocenters. The van der Waals surface area contributed by atoms with Crippen molar-refractivity contribution < 1.29 is 19.4 Å². The van der Waals surface area contributed by atoms with Crippen molar-refractivity contribution in [3.8, 4) is 5.75 Å². The van der Waals surface area contributed by atoms with Crippen molar-refractivity contribution in [2.24, 2.45) is 0 Å². The number of carbonyl (C=O) groups excluding carboxylic acids is 1. The lowest BCUT2D eigenvalue weighted by atomic mass is 10.2. The van der Waals surface area contributed by atoms with Gasteiger partial charge in [-0.3, -0.25) is 4.79 Å². The van der Waals surface area contributed by atoms with Crippen molar-refractivity contribution in [1.82, 2.24) is 4.98 Å². The van der Waals surface area contributed by atoms with Gasteiger partial charge in [0.25, 0.3) is 0 Å². The molecule has 1 aromatic carbocycles. The Morgan fingerprint density at radius 2 is 2.14 bits per heavy atom. The van der Waals surface area contributed by atoms with Crippen molar-refractivity contribution in [2.75, 3.05) is 6.61 Å². The molecule has 0 spiro atoms. The zero-order chi connectivity index (χ0) is 16.1. The second kappa shape index (κ2) is 7.04. The van der Waals surface area contributed by atoms with E-state index in [1.165, 1.54) is 0 Å². The van der Waals surface area contributed by atoms with Gasteiger partial charge < -0.3 is 14.6 Å². The van der Waals surface area contributed by atoms with E-state index in [9.17, 15) is 9.90 Å². The maximum Gasteiger partial charge on any atom is 0.313 e. The van der Waals surface area contributed by atoms with E-state index >= 15 is 0 Å². The molecule has 22 heavy (non-hydrogen) atoms. The number of aromatic nitrogens is 1. The van der Waals surface area contributed by atoms with Crippen LogP contribution in [0.3, 0.4) is 0 Å². The van der Waals surface area contributed by atoms with E-state index in [1.807, 2.05) is 31.2 Å². The number of rotatable bonds is 6. The summed E-state index contributed by atoms with van der Waals surface area (Å²) in [5.74, 6) is 0.343. The normalized spacial score (nSPS) is 12.0. The van der Waals surface area contributed by atoms with Gasteiger partial charge in [-0.15, -0.1) is 0 Å². The Hall–Kier alpha value is -2.40. The number of fused-ring (bicyclic) bond motifs is 1. The first kappa shape index (κ1) is 16.0. The number of pyridine rings is 1. The quantitative estimate of drug-likeness (QED) is 0.656. The number of carbonyl (C=O) groups is 1. The molecule has 0 saturated carbocycles. The molecule has 2 aromatic rings. The second-order valence-electron chi connectivity index (χ2n) is 5.13. The second-order valence-corrected chi connectivity index (χ2v) is 5.13. The average molecular weight is 301 g/mol. The lowest BCUT2D eigenvalue weighted by Gasteiger charge is -2.13. The van der Waals surface area contributed by atoms with Gasteiger partial charge in [0.1, 0.15) is 17.9 Å². The highest BCUT2D eigenvalue weighted by molar-refractivity contribution is 5.84.